The second-order valence-electron chi connectivity index (χ2n) is 7.93. The third-order valence-electron chi connectivity index (χ3n) is 5.98. The van der Waals surface area contributed by atoms with Gasteiger partial charge in [-0.3, -0.25) is 4.79 Å². The first-order chi connectivity index (χ1) is 13.4. The number of hydrogen-bond acceptors (Lipinski definition) is 4. The van der Waals surface area contributed by atoms with Crippen molar-refractivity contribution >= 4 is 26.7 Å². The fraction of sp³-hybridized carbons (Fsp3) is 0.476. The molecule has 1 unspecified atom stereocenters. The summed E-state index contributed by atoms with van der Waals surface area (Å²) in [5.74, 6) is 0.392. The van der Waals surface area contributed by atoms with Crippen molar-refractivity contribution in [1.82, 2.24) is 9.21 Å². The van der Waals surface area contributed by atoms with Crippen molar-refractivity contribution < 1.29 is 18.3 Å². The number of sulfonamides is 1. The number of fused-ring (bicyclic) bond motifs is 1. The predicted molar refractivity (Wildman–Crippen MR) is 107 cm³/mol. The minimum atomic E-state index is -3.99. The number of benzene rings is 2. The molecule has 0 aliphatic carbocycles. The molecule has 0 saturated carbocycles. The second-order valence-corrected chi connectivity index (χ2v) is 9.77. The Balaban J connectivity index is 1.64. The van der Waals surface area contributed by atoms with E-state index in [9.17, 15) is 18.3 Å². The average molecular weight is 403 g/mol. The summed E-state index contributed by atoms with van der Waals surface area (Å²) < 4.78 is 27.7. The van der Waals surface area contributed by atoms with Gasteiger partial charge >= 0.3 is 0 Å². The number of carbonyl (C=O) groups is 1. The van der Waals surface area contributed by atoms with E-state index in [-0.39, 0.29) is 17.2 Å². The normalized spacial score (nSPS) is 24.7. The first-order valence-corrected chi connectivity index (χ1v) is 11.3. The lowest BCUT2D eigenvalue weighted by Gasteiger charge is -2.34. The molecule has 2 aliphatic heterocycles. The fourth-order valence-electron chi connectivity index (χ4n) is 4.22. The zero-order valence-electron chi connectivity index (χ0n) is 16.0. The van der Waals surface area contributed by atoms with Crippen molar-refractivity contribution in [3.8, 4) is 0 Å². The van der Waals surface area contributed by atoms with Crippen LogP contribution in [0.4, 0.5) is 0 Å². The van der Waals surface area contributed by atoms with Crippen molar-refractivity contribution in [3.63, 3.8) is 0 Å². The Morgan fingerprint density at radius 1 is 1.00 bits per heavy atom. The Morgan fingerprint density at radius 3 is 2.39 bits per heavy atom. The molecule has 2 aromatic carbocycles. The van der Waals surface area contributed by atoms with Crippen LogP contribution in [0.2, 0.25) is 0 Å². The van der Waals surface area contributed by atoms with E-state index in [0.29, 0.717) is 25.4 Å². The summed E-state index contributed by atoms with van der Waals surface area (Å²) in [6.45, 7) is 3.46. The maximum Gasteiger partial charge on any atom is 0.246 e. The minimum absolute atomic E-state index is 0.109. The zero-order valence-corrected chi connectivity index (χ0v) is 16.8. The van der Waals surface area contributed by atoms with E-state index in [1.54, 1.807) is 23.1 Å². The molecule has 4 rings (SSSR count). The molecule has 1 N–H and O–H groups in total. The molecule has 2 atom stereocenters. The van der Waals surface area contributed by atoms with E-state index in [0.717, 1.165) is 27.9 Å². The molecule has 2 fully saturated rings. The quantitative estimate of drug-likeness (QED) is 0.856. The van der Waals surface area contributed by atoms with Crippen LogP contribution in [0.5, 0.6) is 0 Å². The molecule has 2 aromatic rings. The third kappa shape index (κ3) is 3.43. The highest BCUT2D eigenvalue weighted by atomic mass is 32.2. The summed E-state index contributed by atoms with van der Waals surface area (Å²) in [6.07, 6.45) is 1.30. The Bertz CT molecular complexity index is 983. The summed E-state index contributed by atoms with van der Waals surface area (Å²) in [5.41, 5.74) is 0. The molecular weight excluding hydrogens is 376 g/mol. The highest BCUT2D eigenvalue weighted by molar-refractivity contribution is 7.89. The first-order valence-electron chi connectivity index (χ1n) is 9.87. The fourth-order valence-corrected chi connectivity index (χ4v) is 5.93. The van der Waals surface area contributed by atoms with E-state index in [1.165, 1.54) is 0 Å². The van der Waals surface area contributed by atoms with Gasteiger partial charge in [0.05, 0.1) is 4.90 Å². The maximum absolute atomic E-state index is 13.3. The van der Waals surface area contributed by atoms with Gasteiger partial charge in [-0.05, 0) is 54.5 Å². The van der Waals surface area contributed by atoms with Gasteiger partial charge in [0.25, 0.3) is 0 Å². The topological polar surface area (TPSA) is 77.9 Å². The van der Waals surface area contributed by atoms with E-state index >= 15 is 0 Å². The molecular formula is C21H26N2O4S. The average Bonchev–Trinajstić information content (AvgIpc) is 3.10. The minimum Gasteiger partial charge on any atom is -0.377 e. The molecule has 28 heavy (non-hydrogen) atoms. The van der Waals surface area contributed by atoms with Gasteiger partial charge in [0, 0.05) is 13.1 Å². The molecule has 2 heterocycles. The van der Waals surface area contributed by atoms with Gasteiger partial charge in [-0.15, -0.1) is 0 Å². The van der Waals surface area contributed by atoms with Crippen LogP contribution in [0.3, 0.4) is 0 Å². The van der Waals surface area contributed by atoms with Crippen LogP contribution in [0.1, 0.15) is 32.6 Å². The molecule has 0 bridgehead atoms. The molecule has 2 saturated heterocycles. The van der Waals surface area contributed by atoms with E-state index in [1.807, 2.05) is 24.3 Å². The summed E-state index contributed by atoms with van der Waals surface area (Å²) in [6, 6.07) is 11.6. The number of likely N-dealkylation sites (tertiary alicyclic amines) is 1. The summed E-state index contributed by atoms with van der Waals surface area (Å²) in [7, 11) is -3.99. The maximum atomic E-state index is 13.3. The SMILES string of the molecule is CC1CCN(C(=O)[C@@H]2CCC(O)N2S(=O)(=O)c2ccc3ccccc3c2)CC1. The molecule has 6 nitrogen and oxygen atoms in total. The van der Waals surface area contributed by atoms with Gasteiger partial charge in [0.1, 0.15) is 12.3 Å². The highest BCUT2D eigenvalue weighted by Gasteiger charge is 2.46. The van der Waals surface area contributed by atoms with Gasteiger partial charge in [0.15, 0.2) is 0 Å². The van der Waals surface area contributed by atoms with Crippen LogP contribution < -0.4 is 0 Å². The van der Waals surface area contributed by atoms with Crippen LogP contribution in [0, 0.1) is 5.92 Å². The monoisotopic (exact) mass is 402 g/mol. The summed E-state index contributed by atoms with van der Waals surface area (Å²) in [5, 5.41) is 12.2. The second kappa shape index (κ2) is 7.46. The van der Waals surface area contributed by atoms with Crippen molar-refractivity contribution in [2.75, 3.05) is 13.1 Å². The Kier molecular flexibility index (Phi) is 5.16. The molecule has 1 amide bonds. The molecule has 7 heteroatoms. The predicted octanol–water partition coefficient (Wildman–Crippen LogP) is 2.57. The Labute approximate surface area is 165 Å². The van der Waals surface area contributed by atoms with Gasteiger partial charge in [-0.25, -0.2) is 8.42 Å². The van der Waals surface area contributed by atoms with Crippen molar-refractivity contribution in [2.24, 2.45) is 5.92 Å². The molecule has 0 radical (unpaired) electrons. The summed E-state index contributed by atoms with van der Waals surface area (Å²) in [4.78, 5) is 14.9. The van der Waals surface area contributed by atoms with Crippen LogP contribution in [0.15, 0.2) is 47.4 Å². The van der Waals surface area contributed by atoms with Crippen LogP contribution in [-0.2, 0) is 14.8 Å². The number of carbonyl (C=O) groups excluding carboxylic acids is 1. The van der Waals surface area contributed by atoms with Crippen LogP contribution in [-0.4, -0.2) is 54.0 Å². The van der Waals surface area contributed by atoms with Gasteiger partial charge in [-0.2, -0.15) is 4.31 Å². The van der Waals surface area contributed by atoms with Gasteiger partial charge in [-0.1, -0.05) is 37.3 Å². The van der Waals surface area contributed by atoms with Gasteiger partial charge in [0.2, 0.25) is 15.9 Å². The summed E-state index contributed by atoms with van der Waals surface area (Å²) >= 11 is 0. The van der Waals surface area contributed by atoms with E-state index in [2.05, 4.69) is 6.92 Å². The van der Waals surface area contributed by atoms with Crippen LogP contribution in [0.25, 0.3) is 10.8 Å². The smallest absolute Gasteiger partial charge is 0.246 e. The number of aliphatic hydroxyl groups is 1. The molecule has 2 aliphatic rings. The number of aliphatic hydroxyl groups excluding tert-OH is 1. The van der Waals surface area contributed by atoms with Crippen molar-refractivity contribution in [3.05, 3.63) is 42.5 Å². The largest absolute Gasteiger partial charge is 0.377 e. The lowest BCUT2D eigenvalue weighted by molar-refractivity contribution is -0.137. The van der Waals surface area contributed by atoms with E-state index < -0.39 is 22.3 Å². The van der Waals surface area contributed by atoms with Crippen molar-refractivity contribution in [1.29, 1.82) is 0 Å². The number of amides is 1. The molecule has 150 valence electrons. The molecule has 0 aromatic heterocycles. The van der Waals surface area contributed by atoms with Gasteiger partial charge < -0.3 is 10.0 Å². The van der Waals surface area contributed by atoms with E-state index in [4.69, 9.17) is 0 Å². The lowest BCUT2D eigenvalue weighted by Crippen LogP contribution is -2.51. The standard InChI is InChI=1S/C21H26N2O4S/c1-15-10-12-22(13-11-15)21(25)19-8-9-20(24)23(19)28(26,27)18-7-6-16-4-2-3-5-17(16)14-18/h2-7,14-15,19-20,24H,8-13H2,1H3/t19-,20?/m0/s1. The zero-order chi connectivity index (χ0) is 19.9. The molecule has 0 spiro atoms. The Morgan fingerprint density at radius 2 is 1.68 bits per heavy atom. The van der Waals surface area contributed by atoms with Crippen LogP contribution >= 0.6 is 0 Å². The first kappa shape index (κ1) is 19.4. The number of piperidine rings is 1. The third-order valence-corrected chi connectivity index (χ3v) is 7.88. The van der Waals surface area contributed by atoms with Crippen molar-refractivity contribution in [2.45, 2.75) is 49.8 Å². The highest BCUT2D eigenvalue weighted by Crippen LogP contribution is 2.33. The lowest BCUT2D eigenvalue weighted by atomic mass is 9.98. The number of nitrogens with zero attached hydrogens (tertiary/aromatic N) is 2. The number of rotatable bonds is 3. The Hall–Kier alpha value is -1.96. The number of hydrogen-bond donors (Lipinski definition) is 1.